The Kier molecular flexibility index (Phi) is 17.1. The number of aliphatic hydroxyl groups excluding tert-OH is 2. The van der Waals surface area contributed by atoms with Gasteiger partial charge in [-0.25, -0.2) is 0 Å². The maximum absolute atomic E-state index is 13.2. The van der Waals surface area contributed by atoms with E-state index >= 15 is 0 Å². The SMILES string of the molecule is COC(OC(=O)CCC(C)C1CCC2C3CCC4CC(O)CCC4(C)C3CCC12C)OC(=O)CCC(C)C1CCC2C3CCC4CC(O)CCC4(C)C3CCC12C.[I][V]([I])[I]. The van der Waals surface area contributed by atoms with Crippen LogP contribution in [0, 0.1) is 92.7 Å². The molecule has 18 unspecified atom stereocenters. The Labute approximate surface area is 408 Å². The van der Waals surface area contributed by atoms with Crippen molar-refractivity contribution < 1.29 is 38.9 Å². The fourth-order valence-corrected chi connectivity index (χ4v) is 18.0. The van der Waals surface area contributed by atoms with E-state index in [0.29, 0.717) is 70.0 Å². The summed E-state index contributed by atoms with van der Waals surface area (Å²) in [6, 6.07) is 0. The monoisotopic (exact) mass is 1230 g/mol. The van der Waals surface area contributed by atoms with E-state index in [4.69, 9.17) is 14.2 Å². The van der Waals surface area contributed by atoms with Crippen LogP contribution in [0.4, 0.5) is 0 Å². The summed E-state index contributed by atoms with van der Waals surface area (Å²) in [5, 5.41) is 20.9. The van der Waals surface area contributed by atoms with Gasteiger partial charge in [-0.05, 0) is 221 Å². The van der Waals surface area contributed by atoms with Crippen LogP contribution < -0.4 is 0 Å². The van der Waals surface area contributed by atoms with E-state index in [0.717, 1.165) is 74.0 Å². The molecule has 8 saturated carbocycles. The van der Waals surface area contributed by atoms with Gasteiger partial charge in [-0.2, -0.15) is 0 Å². The fourth-order valence-electron chi connectivity index (χ4n) is 18.0. The molecule has 8 aliphatic carbocycles. The van der Waals surface area contributed by atoms with Crippen LogP contribution in [0.3, 0.4) is 0 Å². The molecular weight excluding hydrogens is 1140 g/mol. The second kappa shape index (κ2) is 20.7. The number of hydrogen-bond donors (Lipinski definition) is 2. The second-order valence-electron chi connectivity index (χ2n) is 23.4. The Morgan fingerprint density at radius 1 is 0.574 bits per heavy atom. The van der Waals surface area contributed by atoms with Crippen LogP contribution in [0.2, 0.25) is 0 Å². The Morgan fingerprint density at radius 3 is 1.31 bits per heavy atom. The van der Waals surface area contributed by atoms with Gasteiger partial charge in [0.15, 0.2) is 0 Å². The van der Waals surface area contributed by atoms with Gasteiger partial charge in [-0.3, -0.25) is 9.59 Å². The van der Waals surface area contributed by atoms with Crippen molar-refractivity contribution >= 4 is 71.9 Å². The molecule has 18 atom stereocenters. The standard InChI is InChI=1S/C50H82O7.3HI.V/c1-30(38-14-16-40-36-12-10-32-28-34(51)20-24-47(32,3)42(36)22-26-49(38,40)5)8-18-44(53)56-46(55-7)57-45(54)19-9-31(2)39-15-17-41-37-13-11-33-29-35(52)21-25-48(33,4)43(37)23-27-50(39,41)6;;;;/h30-43,46,51-52H,8-29H2,1-7H3;3*1H;/q;;;;+3/p-3. The van der Waals surface area contributed by atoms with Gasteiger partial charge in [0.05, 0.1) is 12.2 Å². The Balaban J connectivity index is 0.00000134. The number of rotatable bonds is 11. The summed E-state index contributed by atoms with van der Waals surface area (Å²) in [5.74, 6) is 7.53. The molecular formula is C50H82I3O7V. The number of esters is 2. The molecule has 8 aliphatic rings. The molecule has 0 aliphatic heterocycles. The van der Waals surface area contributed by atoms with Crippen LogP contribution in [0.25, 0.3) is 0 Å². The summed E-state index contributed by atoms with van der Waals surface area (Å²) in [4.78, 5) is 26.0. The third-order valence-corrected chi connectivity index (χ3v) is 21.1. The molecule has 7 nitrogen and oxygen atoms in total. The van der Waals surface area contributed by atoms with E-state index in [1.165, 1.54) is 97.0 Å². The zero-order valence-corrected chi connectivity index (χ0v) is 46.6. The molecule has 0 spiro atoms. The minimum absolute atomic E-state index is 0.0932. The number of hydrogen-bond acceptors (Lipinski definition) is 7. The average molecular weight is 1230 g/mol. The molecule has 0 aromatic heterocycles. The van der Waals surface area contributed by atoms with Crippen LogP contribution in [0.15, 0.2) is 0 Å². The molecule has 8 rings (SSSR count). The van der Waals surface area contributed by atoms with E-state index in [9.17, 15) is 19.8 Å². The summed E-state index contributed by atoms with van der Waals surface area (Å²) in [5.41, 5.74) is 1.46. The zero-order valence-electron chi connectivity index (χ0n) is 38.7. The van der Waals surface area contributed by atoms with Crippen molar-refractivity contribution in [3.05, 3.63) is 0 Å². The number of ether oxygens (including phenoxy) is 3. The molecule has 8 fully saturated rings. The number of carbonyl (C=O) groups is 2. The van der Waals surface area contributed by atoms with Gasteiger partial charge < -0.3 is 24.4 Å². The maximum atomic E-state index is 13.2. The van der Waals surface area contributed by atoms with Crippen molar-refractivity contribution in [3.8, 4) is 0 Å². The fraction of sp³-hybridized carbons (Fsp3) is 0.960. The first kappa shape index (κ1) is 50.5. The van der Waals surface area contributed by atoms with Gasteiger partial charge in [-0.1, -0.05) is 41.5 Å². The molecule has 0 bridgehead atoms. The topological polar surface area (TPSA) is 102 Å². The van der Waals surface area contributed by atoms with E-state index in [2.05, 4.69) is 101 Å². The predicted octanol–water partition coefficient (Wildman–Crippen LogP) is 13.5. The molecule has 0 saturated heterocycles. The van der Waals surface area contributed by atoms with E-state index in [1.54, 1.807) is 0 Å². The van der Waals surface area contributed by atoms with Crippen molar-refractivity contribution in [2.45, 2.75) is 201 Å². The minimum atomic E-state index is -1.29. The van der Waals surface area contributed by atoms with Crippen molar-refractivity contribution in [2.24, 2.45) is 92.7 Å². The van der Waals surface area contributed by atoms with Crippen molar-refractivity contribution in [3.63, 3.8) is 0 Å². The van der Waals surface area contributed by atoms with E-state index < -0.39 is 6.48 Å². The molecule has 61 heavy (non-hydrogen) atoms. The number of methoxy groups -OCH3 is 1. The van der Waals surface area contributed by atoms with Gasteiger partial charge in [0, 0.05) is 20.0 Å². The molecule has 11 heteroatoms. The first-order valence-electron chi connectivity index (χ1n) is 24.9. The molecule has 2 N–H and O–H groups in total. The zero-order chi connectivity index (χ0) is 44.1. The Morgan fingerprint density at radius 2 is 0.934 bits per heavy atom. The number of fused-ring (bicyclic) bond motifs is 10. The third kappa shape index (κ3) is 10.3. The molecule has 0 aromatic rings. The van der Waals surface area contributed by atoms with Crippen molar-refractivity contribution in [1.82, 2.24) is 0 Å². The van der Waals surface area contributed by atoms with Gasteiger partial charge in [0.25, 0.3) is 0 Å². The molecule has 0 heterocycles. The first-order chi connectivity index (χ1) is 28.8. The van der Waals surface area contributed by atoms with Gasteiger partial charge in [0.2, 0.25) is 0 Å². The van der Waals surface area contributed by atoms with Gasteiger partial charge in [0.1, 0.15) is 0 Å². The van der Waals surface area contributed by atoms with Crippen molar-refractivity contribution in [1.29, 1.82) is 0 Å². The number of aliphatic hydroxyl groups is 2. The average Bonchev–Trinajstić information content (AvgIpc) is 3.76. The van der Waals surface area contributed by atoms with Crippen LogP contribution in [-0.2, 0) is 28.7 Å². The van der Waals surface area contributed by atoms with Crippen molar-refractivity contribution in [2.75, 3.05) is 7.11 Å². The first-order valence-corrected chi connectivity index (χ1v) is 38.4. The van der Waals surface area contributed by atoms with E-state index in [-0.39, 0.29) is 29.1 Å². The Bertz CT molecular complexity index is 1410. The molecule has 350 valence electrons. The summed E-state index contributed by atoms with van der Waals surface area (Å²) >= 11 is 7.39. The van der Waals surface area contributed by atoms with Crippen LogP contribution in [-0.4, -0.2) is 47.9 Å². The third-order valence-electron chi connectivity index (χ3n) is 21.1. The van der Waals surface area contributed by atoms with Gasteiger partial charge in [-0.15, -0.1) is 0 Å². The summed E-state index contributed by atoms with van der Waals surface area (Å²) in [6.45, 7) is 13.7. The van der Waals surface area contributed by atoms with E-state index in [1.807, 2.05) is 0 Å². The van der Waals surface area contributed by atoms with Crippen LogP contribution >= 0.6 is 59.9 Å². The second-order valence-corrected chi connectivity index (χ2v) is 58.7. The van der Waals surface area contributed by atoms with Gasteiger partial charge >= 0.3 is 83.3 Å². The predicted molar refractivity (Wildman–Crippen MR) is 264 cm³/mol. The molecule has 0 radical (unpaired) electrons. The number of halogens is 3. The summed E-state index contributed by atoms with van der Waals surface area (Å²) in [6.07, 6.45) is 23.9. The summed E-state index contributed by atoms with van der Waals surface area (Å²) < 4.78 is 16.6. The number of carbonyl (C=O) groups excluding carboxylic acids is 2. The van der Waals surface area contributed by atoms with Crippen LogP contribution in [0.5, 0.6) is 0 Å². The quantitative estimate of drug-likeness (QED) is 0.121. The Hall–Kier alpha value is 1.59. The molecule has 0 aromatic carbocycles. The normalized spacial score (nSPS) is 46.5. The summed E-state index contributed by atoms with van der Waals surface area (Å²) in [7, 11) is 1.44. The van der Waals surface area contributed by atoms with Crippen LogP contribution in [0.1, 0.15) is 183 Å². The molecule has 0 amide bonds.